The number of nitrogens with zero attached hydrogens (tertiary/aromatic N) is 4. The molecule has 0 fully saturated rings. The first-order valence-electron chi connectivity index (χ1n) is 10.8. The number of furan rings is 1. The molecule has 172 valence electrons. The number of nitrogens with one attached hydrogen (secondary N) is 1. The van der Waals surface area contributed by atoms with Gasteiger partial charge in [0.25, 0.3) is 11.5 Å². The van der Waals surface area contributed by atoms with E-state index in [4.69, 9.17) is 16.0 Å². The standard InChI is InChI=1S/C25H22ClN5O3/c1-30(14-23-27-19-6-3-2-5-18(19)25(33)28-23)15-24(32)31-21(22-7-4-12-34-22)13-20(29-31)16-8-10-17(26)11-9-16/h2-12,21H,13-15H2,1H3,(H,27,28,33)/t21-/m0/s1. The monoisotopic (exact) mass is 475 g/mol. The molecule has 9 heteroatoms. The van der Waals surface area contributed by atoms with Crippen molar-refractivity contribution in [2.75, 3.05) is 13.6 Å². The molecule has 1 aliphatic heterocycles. The van der Waals surface area contributed by atoms with E-state index in [1.165, 1.54) is 5.01 Å². The number of halogens is 1. The van der Waals surface area contributed by atoms with Crippen LogP contribution in [0.25, 0.3) is 10.9 Å². The highest BCUT2D eigenvalue weighted by atomic mass is 35.5. The summed E-state index contributed by atoms with van der Waals surface area (Å²) in [6.45, 7) is 0.393. The summed E-state index contributed by atoms with van der Waals surface area (Å²) in [5.41, 5.74) is 2.11. The van der Waals surface area contributed by atoms with Crippen molar-refractivity contribution in [3.8, 4) is 0 Å². The van der Waals surface area contributed by atoms with Gasteiger partial charge in [0.15, 0.2) is 0 Å². The molecule has 1 amide bonds. The predicted octanol–water partition coefficient (Wildman–Crippen LogP) is 3.98. The zero-order valence-electron chi connectivity index (χ0n) is 18.4. The van der Waals surface area contributed by atoms with E-state index >= 15 is 0 Å². The first-order valence-corrected chi connectivity index (χ1v) is 11.2. The third kappa shape index (κ3) is 4.50. The summed E-state index contributed by atoms with van der Waals surface area (Å²) in [4.78, 5) is 34.8. The van der Waals surface area contributed by atoms with Gasteiger partial charge in [-0.05, 0) is 49.0 Å². The van der Waals surface area contributed by atoms with Gasteiger partial charge in [-0.25, -0.2) is 9.99 Å². The topological polar surface area (TPSA) is 94.8 Å². The maximum absolute atomic E-state index is 13.3. The zero-order chi connectivity index (χ0) is 23.7. The Morgan fingerprint density at radius 1 is 1.18 bits per heavy atom. The van der Waals surface area contributed by atoms with Gasteiger partial charge < -0.3 is 9.40 Å². The third-order valence-corrected chi connectivity index (χ3v) is 5.95. The van der Waals surface area contributed by atoms with E-state index in [9.17, 15) is 9.59 Å². The second-order valence-corrected chi connectivity index (χ2v) is 8.67. The molecular formula is C25H22ClN5O3. The van der Waals surface area contributed by atoms with Crippen molar-refractivity contribution in [2.45, 2.75) is 19.0 Å². The lowest BCUT2D eigenvalue weighted by atomic mass is 10.0. The Hall–Kier alpha value is -3.75. The molecule has 0 bridgehead atoms. The summed E-state index contributed by atoms with van der Waals surface area (Å²) >= 11 is 6.02. The summed E-state index contributed by atoms with van der Waals surface area (Å²) in [5, 5.41) is 7.29. The number of benzene rings is 2. The predicted molar refractivity (Wildman–Crippen MR) is 130 cm³/mol. The maximum atomic E-state index is 13.3. The first-order chi connectivity index (χ1) is 16.5. The second-order valence-electron chi connectivity index (χ2n) is 8.23. The average Bonchev–Trinajstić information content (AvgIpc) is 3.50. The van der Waals surface area contributed by atoms with Crippen LogP contribution in [0.1, 0.15) is 29.6 Å². The number of likely N-dealkylation sites (N-methyl/N-ethyl adjacent to an activating group) is 1. The van der Waals surface area contributed by atoms with Crippen LogP contribution in [0.2, 0.25) is 5.02 Å². The molecule has 34 heavy (non-hydrogen) atoms. The smallest absolute Gasteiger partial charge is 0.258 e. The molecule has 0 spiro atoms. The van der Waals surface area contributed by atoms with Crippen molar-refractivity contribution in [2.24, 2.45) is 5.10 Å². The lowest BCUT2D eigenvalue weighted by molar-refractivity contribution is -0.134. The highest BCUT2D eigenvalue weighted by Crippen LogP contribution is 2.33. The van der Waals surface area contributed by atoms with Crippen LogP contribution in [-0.2, 0) is 11.3 Å². The van der Waals surface area contributed by atoms with Crippen LogP contribution >= 0.6 is 11.6 Å². The lowest BCUT2D eigenvalue weighted by Crippen LogP contribution is -2.36. The van der Waals surface area contributed by atoms with Gasteiger partial charge in [0.1, 0.15) is 17.6 Å². The quantitative estimate of drug-likeness (QED) is 0.455. The number of rotatable bonds is 6. The number of hydrogen-bond acceptors (Lipinski definition) is 6. The molecule has 0 unspecified atom stereocenters. The molecule has 0 saturated carbocycles. The van der Waals surface area contributed by atoms with Crippen LogP contribution in [-0.4, -0.2) is 45.1 Å². The summed E-state index contributed by atoms with van der Waals surface area (Å²) < 4.78 is 5.60. The molecule has 1 aliphatic rings. The van der Waals surface area contributed by atoms with Crippen molar-refractivity contribution < 1.29 is 9.21 Å². The number of aromatic amines is 1. The molecule has 4 aromatic rings. The SMILES string of the molecule is CN(CC(=O)N1N=C(c2ccc(Cl)cc2)C[C@H]1c1ccco1)Cc1nc2ccccc2c(=O)[nH]1. The molecule has 1 atom stereocenters. The molecule has 5 rings (SSSR count). The number of carbonyl (C=O) groups excluding carboxylic acids is 1. The van der Waals surface area contributed by atoms with E-state index in [0.29, 0.717) is 40.5 Å². The number of H-pyrrole nitrogens is 1. The fourth-order valence-corrected chi connectivity index (χ4v) is 4.21. The van der Waals surface area contributed by atoms with E-state index < -0.39 is 0 Å². The van der Waals surface area contributed by atoms with Crippen molar-refractivity contribution >= 4 is 34.1 Å². The van der Waals surface area contributed by atoms with Crippen LogP contribution in [0.15, 0.2) is 81.2 Å². The van der Waals surface area contributed by atoms with Gasteiger partial charge in [-0.2, -0.15) is 5.10 Å². The number of hydrazone groups is 1. The third-order valence-electron chi connectivity index (χ3n) is 5.70. The van der Waals surface area contributed by atoms with E-state index in [1.54, 1.807) is 54.6 Å². The Morgan fingerprint density at radius 2 is 1.97 bits per heavy atom. The Labute approximate surface area is 200 Å². The minimum Gasteiger partial charge on any atom is -0.467 e. The van der Waals surface area contributed by atoms with Gasteiger partial charge in [-0.1, -0.05) is 35.9 Å². The van der Waals surface area contributed by atoms with Gasteiger partial charge in [0.05, 0.1) is 36.0 Å². The van der Waals surface area contributed by atoms with Gasteiger partial charge in [0.2, 0.25) is 0 Å². The fraction of sp³-hybridized carbons (Fsp3) is 0.200. The van der Waals surface area contributed by atoms with Crippen molar-refractivity contribution in [3.05, 3.63) is 99.5 Å². The van der Waals surface area contributed by atoms with E-state index in [2.05, 4.69) is 15.1 Å². The Balaban J connectivity index is 1.35. The van der Waals surface area contributed by atoms with Gasteiger partial charge in [-0.3, -0.25) is 14.5 Å². The number of hydrogen-bond donors (Lipinski definition) is 1. The van der Waals surface area contributed by atoms with Gasteiger partial charge >= 0.3 is 0 Å². The van der Waals surface area contributed by atoms with Crippen LogP contribution in [0.3, 0.4) is 0 Å². The van der Waals surface area contributed by atoms with Gasteiger partial charge in [-0.15, -0.1) is 0 Å². The summed E-state index contributed by atoms with van der Waals surface area (Å²) in [6.07, 6.45) is 2.12. The Bertz CT molecular complexity index is 1410. The molecule has 2 aromatic carbocycles. The molecule has 0 saturated heterocycles. The van der Waals surface area contributed by atoms with E-state index in [0.717, 1.165) is 11.3 Å². The maximum Gasteiger partial charge on any atom is 0.258 e. The van der Waals surface area contributed by atoms with Crippen LogP contribution in [0.4, 0.5) is 0 Å². The minimum absolute atomic E-state index is 0.0884. The van der Waals surface area contributed by atoms with Gasteiger partial charge in [0, 0.05) is 11.4 Å². The van der Waals surface area contributed by atoms with Crippen molar-refractivity contribution in [3.63, 3.8) is 0 Å². The Morgan fingerprint density at radius 3 is 2.74 bits per heavy atom. The molecular weight excluding hydrogens is 454 g/mol. The molecule has 8 nitrogen and oxygen atoms in total. The summed E-state index contributed by atoms with van der Waals surface area (Å²) in [6, 6.07) is 17.9. The summed E-state index contributed by atoms with van der Waals surface area (Å²) in [7, 11) is 1.80. The zero-order valence-corrected chi connectivity index (χ0v) is 19.2. The number of aromatic nitrogens is 2. The number of fused-ring (bicyclic) bond motifs is 1. The summed E-state index contributed by atoms with van der Waals surface area (Å²) in [5.74, 6) is 0.980. The van der Waals surface area contributed by atoms with Crippen LogP contribution < -0.4 is 5.56 Å². The fourth-order valence-electron chi connectivity index (χ4n) is 4.08. The number of amides is 1. The molecule has 0 radical (unpaired) electrons. The highest BCUT2D eigenvalue weighted by molar-refractivity contribution is 6.30. The largest absolute Gasteiger partial charge is 0.467 e. The van der Waals surface area contributed by atoms with Crippen molar-refractivity contribution in [1.29, 1.82) is 0 Å². The number of carbonyl (C=O) groups is 1. The molecule has 2 aromatic heterocycles. The molecule has 0 aliphatic carbocycles. The Kier molecular flexibility index (Phi) is 6.00. The second kappa shape index (κ2) is 9.24. The average molecular weight is 476 g/mol. The normalized spacial score (nSPS) is 15.8. The lowest BCUT2D eigenvalue weighted by Gasteiger charge is -2.23. The molecule has 3 heterocycles. The van der Waals surface area contributed by atoms with Crippen molar-refractivity contribution in [1.82, 2.24) is 19.9 Å². The number of para-hydroxylation sites is 1. The van der Waals surface area contributed by atoms with Crippen LogP contribution in [0.5, 0.6) is 0 Å². The minimum atomic E-state index is -0.333. The van der Waals surface area contributed by atoms with Crippen LogP contribution in [0, 0.1) is 0 Å². The van der Waals surface area contributed by atoms with E-state index in [-0.39, 0.29) is 24.1 Å². The highest BCUT2D eigenvalue weighted by Gasteiger charge is 2.35. The van der Waals surface area contributed by atoms with E-state index in [1.807, 2.05) is 24.3 Å². The first kappa shape index (κ1) is 22.1. The molecule has 1 N–H and O–H groups in total.